The Kier molecular flexibility index (Phi) is 1.84. The lowest BCUT2D eigenvalue weighted by atomic mass is 10.2. The molecule has 2 aromatic heterocycles. The number of fused-ring (bicyclic) bond motifs is 1. The number of hydrogen-bond donors (Lipinski definition) is 1. The van der Waals surface area contributed by atoms with Crippen molar-refractivity contribution in [3.8, 4) is 0 Å². The molecule has 0 saturated heterocycles. The molecule has 0 amide bonds. The zero-order valence-electron chi connectivity index (χ0n) is 7.15. The van der Waals surface area contributed by atoms with E-state index < -0.39 is 5.97 Å². The summed E-state index contributed by atoms with van der Waals surface area (Å²) in [6.07, 6.45) is 1.99. The Hall–Kier alpha value is -1.29. The summed E-state index contributed by atoms with van der Waals surface area (Å²) in [5.41, 5.74) is 2.01. The molecule has 1 N–H and O–H groups in total. The fraction of sp³-hybridized carbons (Fsp3) is 0.222. The van der Waals surface area contributed by atoms with Crippen LogP contribution < -0.4 is 0 Å². The Bertz CT molecular complexity index is 455. The van der Waals surface area contributed by atoms with E-state index in [1.165, 1.54) is 0 Å². The average molecular weight is 195 g/mol. The van der Waals surface area contributed by atoms with Gasteiger partial charge >= 0.3 is 5.97 Å². The molecule has 2 rings (SSSR count). The molecular weight excluding hydrogens is 186 g/mol. The number of aliphatic carboxylic acids is 1. The van der Waals surface area contributed by atoms with Crippen LogP contribution in [0.5, 0.6) is 0 Å². The van der Waals surface area contributed by atoms with Crippen LogP contribution >= 0.6 is 11.3 Å². The van der Waals surface area contributed by atoms with E-state index in [4.69, 9.17) is 5.11 Å². The SMILES string of the molecule is Cc1csc2cc(CC(=O)O)cn12. The molecule has 0 atom stereocenters. The van der Waals surface area contributed by atoms with E-state index >= 15 is 0 Å². The normalized spacial score (nSPS) is 10.8. The topological polar surface area (TPSA) is 41.7 Å². The van der Waals surface area contributed by atoms with E-state index in [9.17, 15) is 4.79 Å². The van der Waals surface area contributed by atoms with E-state index in [1.54, 1.807) is 11.3 Å². The van der Waals surface area contributed by atoms with Gasteiger partial charge in [-0.1, -0.05) is 0 Å². The molecular formula is C9H9NO2S. The zero-order valence-corrected chi connectivity index (χ0v) is 7.97. The Morgan fingerprint density at radius 1 is 1.69 bits per heavy atom. The van der Waals surface area contributed by atoms with Crippen molar-refractivity contribution < 1.29 is 9.90 Å². The van der Waals surface area contributed by atoms with Crippen molar-refractivity contribution in [2.75, 3.05) is 0 Å². The second-order valence-electron chi connectivity index (χ2n) is 3.00. The van der Waals surface area contributed by atoms with Gasteiger partial charge in [-0.05, 0) is 18.6 Å². The lowest BCUT2D eigenvalue weighted by Crippen LogP contribution is -1.98. The predicted octanol–water partition coefficient (Wildman–Crippen LogP) is 1.94. The molecule has 0 aliphatic rings. The van der Waals surface area contributed by atoms with Crippen LogP contribution in [-0.4, -0.2) is 15.5 Å². The summed E-state index contributed by atoms with van der Waals surface area (Å²) in [7, 11) is 0. The fourth-order valence-corrected chi connectivity index (χ4v) is 2.27. The number of carboxylic acids is 1. The molecule has 0 aliphatic heterocycles. The van der Waals surface area contributed by atoms with E-state index in [2.05, 4.69) is 5.38 Å². The molecule has 0 saturated carbocycles. The highest BCUT2D eigenvalue weighted by Gasteiger charge is 2.06. The lowest BCUT2D eigenvalue weighted by Gasteiger charge is -1.89. The maximum atomic E-state index is 10.4. The van der Waals surface area contributed by atoms with Crippen LogP contribution in [0.2, 0.25) is 0 Å². The summed E-state index contributed by atoms with van der Waals surface area (Å²) < 4.78 is 2.02. The molecule has 0 spiro atoms. The summed E-state index contributed by atoms with van der Waals surface area (Å²) in [6.45, 7) is 2.01. The van der Waals surface area contributed by atoms with Crippen molar-refractivity contribution >= 4 is 22.1 Å². The molecule has 0 radical (unpaired) electrons. The van der Waals surface area contributed by atoms with Gasteiger partial charge in [0, 0.05) is 17.3 Å². The Morgan fingerprint density at radius 2 is 2.46 bits per heavy atom. The smallest absolute Gasteiger partial charge is 0.307 e. The van der Waals surface area contributed by atoms with Gasteiger partial charge in [-0.2, -0.15) is 0 Å². The first-order valence-corrected chi connectivity index (χ1v) is 4.81. The van der Waals surface area contributed by atoms with Crippen LogP contribution in [0.3, 0.4) is 0 Å². The molecule has 0 aromatic carbocycles. The second kappa shape index (κ2) is 2.88. The second-order valence-corrected chi connectivity index (χ2v) is 3.89. The van der Waals surface area contributed by atoms with E-state index in [0.29, 0.717) is 0 Å². The summed E-state index contributed by atoms with van der Waals surface area (Å²) in [5, 5.41) is 10.6. The van der Waals surface area contributed by atoms with Gasteiger partial charge in [-0.25, -0.2) is 0 Å². The molecule has 0 bridgehead atoms. The molecule has 2 aromatic rings. The van der Waals surface area contributed by atoms with Gasteiger partial charge in [0.2, 0.25) is 0 Å². The molecule has 0 unspecified atom stereocenters. The van der Waals surface area contributed by atoms with Gasteiger partial charge in [0.1, 0.15) is 0 Å². The first-order chi connectivity index (χ1) is 6.16. The van der Waals surface area contributed by atoms with Crippen molar-refractivity contribution in [1.82, 2.24) is 4.40 Å². The molecule has 68 valence electrons. The number of thiazole rings is 1. The van der Waals surface area contributed by atoms with Gasteiger partial charge in [-0.15, -0.1) is 11.3 Å². The van der Waals surface area contributed by atoms with E-state index in [-0.39, 0.29) is 6.42 Å². The van der Waals surface area contributed by atoms with Crippen LogP contribution in [0, 0.1) is 6.92 Å². The van der Waals surface area contributed by atoms with Gasteiger partial charge in [0.25, 0.3) is 0 Å². The van der Waals surface area contributed by atoms with Crippen LogP contribution in [-0.2, 0) is 11.2 Å². The summed E-state index contributed by atoms with van der Waals surface area (Å²) >= 11 is 1.63. The van der Waals surface area contributed by atoms with Gasteiger partial charge in [0.15, 0.2) is 0 Å². The molecule has 0 aliphatic carbocycles. The van der Waals surface area contributed by atoms with E-state index in [1.807, 2.05) is 23.6 Å². The Morgan fingerprint density at radius 3 is 3.08 bits per heavy atom. The molecule has 0 fully saturated rings. The number of hydrogen-bond acceptors (Lipinski definition) is 2. The first-order valence-electron chi connectivity index (χ1n) is 3.93. The Balaban J connectivity index is 2.44. The minimum atomic E-state index is -0.782. The zero-order chi connectivity index (χ0) is 9.42. The number of carboxylic acid groups (broad SMARTS) is 1. The monoisotopic (exact) mass is 195 g/mol. The summed E-state index contributed by atoms with van der Waals surface area (Å²) in [6, 6.07) is 1.92. The average Bonchev–Trinajstić information content (AvgIpc) is 2.53. The highest BCUT2D eigenvalue weighted by molar-refractivity contribution is 7.15. The van der Waals surface area contributed by atoms with Gasteiger partial charge in [-0.3, -0.25) is 4.79 Å². The number of aromatic nitrogens is 1. The fourth-order valence-electron chi connectivity index (χ4n) is 1.34. The number of rotatable bonds is 2. The highest BCUT2D eigenvalue weighted by Crippen LogP contribution is 2.19. The van der Waals surface area contributed by atoms with Crippen molar-refractivity contribution in [2.24, 2.45) is 0 Å². The molecule has 13 heavy (non-hydrogen) atoms. The van der Waals surface area contributed by atoms with Crippen molar-refractivity contribution in [3.63, 3.8) is 0 Å². The predicted molar refractivity (Wildman–Crippen MR) is 51.4 cm³/mol. The standard InChI is InChI=1S/C9H9NO2S/c1-6-5-13-8-2-7(3-9(11)12)4-10(6)8/h2,4-5H,3H2,1H3,(H,11,12). The van der Waals surface area contributed by atoms with Crippen molar-refractivity contribution in [1.29, 1.82) is 0 Å². The van der Waals surface area contributed by atoms with E-state index in [0.717, 1.165) is 16.1 Å². The quantitative estimate of drug-likeness (QED) is 0.795. The maximum Gasteiger partial charge on any atom is 0.307 e. The summed E-state index contributed by atoms with van der Waals surface area (Å²) in [4.78, 5) is 11.6. The maximum absolute atomic E-state index is 10.4. The third kappa shape index (κ3) is 1.45. The number of carbonyl (C=O) groups is 1. The number of aryl methyl sites for hydroxylation is 1. The molecule has 2 heterocycles. The van der Waals surface area contributed by atoms with Crippen molar-refractivity contribution in [2.45, 2.75) is 13.3 Å². The number of nitrogens with zero attached hydrogens (tertiary/aromatic N) is 1. The van der Waals surface area contributed by atoms with Crippen LogP contribution in [0.25, 0.3) is 4.83 Å². The van der Waals surface area contributed by atoms with Crippen LogP contribution in [0.1, 0.15) is 11.3 Å². The third-order valence-corrected chi connectivity index (χ3v) is 2.94. The Labute approximate surface area is 79.2 Å². The minimum absolute atomic E-state index is 0.105. The third-order valence-electron chi connectivity index (χ3n) is 1.93. The minimum Gasteiger partial charge on any atom is -0.481 e. The lowest BCUT2D eigenvalue weighted by molar-refractivity contribution is -0.136. The van der Waals surface area contributed by atoms with Crippen LogP contribution in [0.15, 0.2) is 17.6 Å². The molecule has 4 heteroatoms. The van der Waals surface area contributed by atoms with Gasteiger partial charge < -0.3 is 9.51 Å². The first kappa shape index (κ1) is 8.31. The summed E-state index contributed by atoms with van der Waals surface area (Å²) in [5.74, 6) is -0.782. The highest BCUT2D eigenvalue weighted by atomic mass is 32.1. The van der Waals surface area contributed by atoms with Gasteiger partial charge in [0.05, 0.1) is 11.3 Å². The largest absolute Gasteiger partial charge is 0.481 e. The van der Waals surface area contributed by atoms with Crippen LogP contribution in [0.4, 0.5) is 0 Å². The molecule has 3 nitrogen and oxygen atoms in total. The van der Waals surface area contributed by atoms with Crippen molar-refractivity contribution in [3.05, 3.63) is 28.9 Å².